The minimum Gasteiger partial charge on any atom is -0.444 e. The molecule has 2 amide bonds. The molecule has 1 unspecified atom stereocenters. The van der Waals surface area contributed by atoms with Crippen LogP contribution in [0.25, 0.3) is 0 Å². The number of benzene rings is 2. The van der Waals surface area contributed by atoms with Crippen molar-refractivity contribution in [2.24, 2.45) is 18.4 Å². The van der Waals surface area contributed by atoms with Crippen LogP contribution in [0, 0.1) is 11.3 Å². The molecule has 2 aromatic carbocycles. The molecule has 4 heterocycles. The highest BCUT2D eigenvalue weighted by Gasteiger charge is 2.51. The Hall–Kier alpha value is -3.93. The molecule has 9 nitrogen and oxygen atoms in total. The van der Waals surface area contributed by atoms with Crippen LogP contribution >= 0.6 is 0 Å². The third-order valence-corrected chi connectivity index (χ3v) is 10.1. The molecule has 258 valence electrons. The Morgan fingerprint density at radius 1 is 1.08 bits per heavy atom. The van der Waals surface area contributed by atoms with Gasteiger partial charge >= 0.3 is 12.3 Å². The lowest BCUT2D eigenvalue weighted by Crippen LogP contribution is -2.60. The van der Waals surface area contributed by atoms with Crippen LogP contribution in [0.1, 0.15) is 92.3 Å². The number of aryl methyl sites for hydroxylation is 1. The average molecular weight is 667 g/mol. The molecule has 1 spiro atoms. The summed E-state index contributed by atoms with van der Waals surface area (Å²) in [5, 5.41) is 7.90. The molecule has 1 saturated carbocycles. The summed E-state index contributed by atoms with van der Waals surface area (Å²) in [6, 6.07) is 11.3. The number of rotatable bonds is 5. The average Bonchev–Trinajstić information content (AvgIpc) is 3.70. The van der Waals surface area contributed by atoms with Crippen LogP contribution in [0.15, 0.2) is 48.8 Å². The van der Waals surface area contributed by atoms with Crippen molar-refractivity contribution in [2.75, 3.05) is 31.1 Å². The van der Waals surface area contributed by atoms with Gasteiger partial charge in [-0.05, 0) is 82.0 Å². The van der Waals surface area contributed by atoms with E-state index >= 15 is 0 Å². The molecule has 1 aromatic heterocycles. The van der Waals surface area contributed by atoms with Gasteiger partial charge in [0.1, 0.15) is 17.8 Å². The smallest absolute Gasteiger partial charge is 0.416 e. The summed E-state index contributed by atoms with van der Waals surface area (Å²) < 4.78 is 49.9. The Morgan fingerprint density at radius 3 is 2.38 bits per heavy atom. The molecule has 1 aliphatic carbocycles. The lowest BCUT2D eigenvalue weighted by Gasteiger charge is -2.48. The maximum atomic E-state index is 14.2. The first-order chi connectivity index (χ1) is 22.6. The number of amides is 2. The summed E-state index contributed by atoms with van der Waals surface area (Å²) in [6.07, 6.45) is 3.02. The van der Waals surface area contributed by atoms with Crippen LogP contribution in [0.3, 0.4) is 0 Å². The van der Waals surface area contributed by atoms with Crippen LogP contribution in [-0.4, -0.2) is 68.3 Å². The van der Waals surface area contributed by atoms with Crippen molar-refractivity contribution in [1.29, 1.82) is 0 Å². The first kappa shape index (κ1) is 34.0. The molecule has 0 bridgehead atoms. The van der Waals surface area contributed by atoms with Crippen molar-refractivity contribution in [2.45, 2.75) is 84.2 Å². The number of nitrogens with zero attached hydrogens (tertiary/aromatic N) is 6. The van der Waals surface area contributed by atoms with Crippen molar-refractivity contribution in [3.63, 3.8) is 0 Å². The van der Waals surface area contributed by atoms with E-state index in [0.717, 1.165) is 24.6 Å². The Labute approximate surface area is 280 Å². The van der Waals surface area contributed by atoms with Crippen molar-refractivity contribution < 1.29 is 27.5 Å². The fourth-order valence-electron chi connectivity index (χ4n) is 7.18. The summed E-state index contributed by atoms with van der Waals surface area (Å²) in [4.78, 5) is 30.8. The molecule has 12 heteroatoms. The van der Waals surface area contributed by atoms with E-state index in [4.69, 9.17) is 4.74 Å². The molecule has 2 saturated heterocycles. The number of halogens is 3. The molecule has 3 aliphatic heterocycles. The standard InChI is InChI=1S/C28H32F3N3O3.C8H13N3/c1-18(32-11-10-27(15-32)16-33(17-27)25(36)37-26(2,3)4)19-12-21-22(23(13-19)28(29,30)31)14-34(24(21)35)20-8-6-5-7-9-20;1-11-6-9-10-8(11)5-7-3-2-4-7/h5-9,12-13,18H,10-11,14-17H2,1-4H3;6-7H,2-5H2,1H3. The van der Waals surface area contributed by atoms with Gasteiger partial charge in [0.2, 0.25) is 0 Å². The van der Waals surface area contributed by atoms with Gasteiger partial charge in [0.25, 0.3) is 5.91 Å². The van der Waals surface area contributed by atoms with E-state index in [1.165, 1.54) is 30.2 Å². The topological polar surface area (TPSA) is 83.8 Å². The largest absolute Gasteiger partial charge is 0.444 e. The summed E-state index contributed by atoms with van der Waals surface area (Å²) >= 11 is 0. The number of carbonyl (C=O) groups is 2. The highest BCUT2D eigenvalue weighted by molar-refractivity contribution is 6.10. The molecule has 3 fully saturated rings. The second-order valence-corrected chi connectivity index (χ2v) is 14.9. The maximum absolute atomic E-state index is 14.2. The van der Waals surface area contributed by atoms with E-state index in [1.54, 1.807) is 47.6 Å². The van der Waals surface area contributed by atoms with E-state index in [-0.39, 0.29) is 35.2 Å². The number of anilines is 1. The number of carbonyl (C=O) groups excluding carboxylic acids is 2. The zero-order valence-electron chi connectivity index (χ0n) is 28.4. The fourth-order valence-corrected chi connectivity index (χ4v) is 7.18. The van der Waals surface area contributed by atoms with Crippen LogP contribution in [0.5, 0.6) is 0 Å². The van der Waals surface area contributed by atoms with Gasteiger partial charge in [-0.3, -0.25) is 9.69 Å². The number of likely N-dealkylation sites (tertiary alicyclic amines) is 2. The van der Waals surface area contributed by atoms with Gasteiger partial charge in [0.15, 0.2) is 0 Å². The van der Waals surface area contributed by atoms with Crippen LogP contribution in [0.2, 0.25) is 0 Å². The van der Waals surface area contributed by atoms with Crippen molar-refractivity contribution >= 4 is 17.7 Å². The highest BCUT2D eigenvalue weighted by atomic mass is 19.4. The van der Waals surface area contributed by atoms with Gasteiger partial charge in [-0.1, -0.05) is 37.5 Å². The molecule has 0 N–H and O–H groups in total. The zero-order chi connectivity index (χ0) is 34.4. The Balaban J connectivity index is 0.000000307. The molecule has 7 rings (SSSR count). The fraction of sp³-hybridized carbons (Fsp3) is 0.556. The van der Waals surface area contributed by atoms with Gasteiger partial charge < -0.3 is 19.1 Å². The van der Waals surface area contributed by atoms with E-state index in [1.807, 2.05) is 39.3 Å². The third kappa shape index (κ3) is 7.09. The van der Waals surface area contributed by atoms with Crippen molar-refractivity contribution in [3.8, 4) is 0 Å². The molecule has 3 aromatic rings. The second-order valence-electron chi connectivity index (χ2n) is 14.9. The van der Waals surface area contributed by atoms with E-state index in [0.29, 0.717) is 37.4 Å². The van der Waals surface area contributed by atoms with Gasteiger partial charge in [0, 0.05) is 55.8 Å². The summed E-state index contributed by atoms with van der Waals surface area (Å²) in [5.74, 6) is 1.61. The normalized spacial score (nSPS) is 19.8. The zero-order valence-corrected chi connectivity index (χ0v) is 28.4. The molecule has 48 heavy (non-hydrogen) atoms. The monoisotopic (exact) mass is 666 g/mol. The van der Waals surface area contributed by atoms with Crippen LogP contribution in [-0.2, 0) is 30.9 Å². The van der Waals surface area contributed by atoms with Gasteiger partial charge in [-0.25, -0.2) is 4.79 Å². The molecule has 4 aliphatic rings. The Bertz CT molecular complexity index is 1640. The summed E-state index contributed by atoms with van der Waals surface area (Å²) in [5.41, 5.74) is -0.173. The SMILES string of the molecule is CC(c1cc2c(c(C(F)(F)F)c1)CN(c1ccccc1)C2=O)N1CCC2(CN(C(=O)OC(C)(C)C)C2)C1.Cn1cnnc1CC1CCC1. The highest BCUT2D eigenvalue weighted by Crippen LogP contribution is 2.45. The lowest BCUT2D eigenvalue weighted by atomic mass is 9.79. The molecular weight excluding hydrogens is 621 g/mol. The number of ether oxygens (including phenoxy) is 1. The predicted molar refractivity (Wildman–Crippen MR) is 175 cm³/mol. The Morgan fingerprint density at radius 2 is 1.79 bits per heavy atom. The first-order valence-electron chi connectivity index (χ1n) is 16.8. The number of fused-ring (bicyclic) bond motifs is 1. The summed E-state index contributed by atoms with van der Waals surface area (Å²) in [6.45, 7) is 9.82. The number of hydrogen-bond donors (Lipinski definition) is 0. The molecule has 0 radical (unpaired) electrons. The maximum Gasteiger partial charge on any atom is 0.416 e. The van der Waals surface area contributed by atoms with Gasteiger partial charge in [0.05, 0.1) is 12.1 Å². The minimum atomic E-state index is -4.57. The predicted octanol–water partition coefficient (Wildman–Crippen LogP) is 7.03. The van der Waals surface area contributed by atoms with E-state index in [9.17, 15) is 22.8 Å². The molecular formula is C36H45F3N6O3. The van der Waals surface area contributed by atoms with Crippen molar-refractivity contribution in [1.82, 2.24) is 24.6 Å². The van der Waals surface area contributed by atoms with Crippen LogP contribution in [0.4, 0.5) is 23.7 Å². The van der Waals surface area contributed by atoms with Gasteiger partial charge in [-0.2, -0.15) is 13.2 Å². The Kier molecular flexibility index (Phi) is 9.08. The van der Waals surface area contributed by atoms with E-state index < -0.39 is 23.2 Å². The number of aromatic nitrogens is 3. The number of para-hydroxylation sites is 1. The number of alkyl halides is 3. The van der Waals surface area contributed by atoms with Crippen molar-refractivity contribution in [3.05, 3.63) is 76.9 Å². The van der Waals surface area contributed by atoms with Gasteiger partial charge in [-0.15, -0.1) is 10.2 Å². The number of hydrogen-bond acceptors (Lipinski definition) is 6. The van der Waals surface area contributed by atoms with E-state index in [2.05, 4.69) is 15.1 Å². The quantitative estimate of drug-likeness (QED) is 0.291. The van der Waals surface area contributed by atoms with Crippen LogP contribution < -0.4 is 4.90 Å². The summed E-state index contributed by atoms with van der Waals surface area (Å²) in [7, 11) is 2.01. The molecule has 1 atom stereocenters. The third-order valence-electron chi connectivity index (χ3n) is 10.1. The second kappa shape index (κ2) is 12.8. The minimum absolute atomic E-state index is 0.0298. The lowest BCUT2D eigenvalue weighted by molar-refractivity contribution is -0.138. The first-order valence-corrected chi connectivity index (χ1v) is 16.8.